The molecule has 1 rings (SSSR count). The highest BCUT2D eigenvalue weighted by Crippen LogP contribution is 1.97. The van der Waals surface area contributed by atoms with E-state index in [1.807, 2.05) is 22.6 Å². The van der Waals surface area contributed by atoms with Gasteiger partial charge in [-0.3, -0.25) is 4.98 Å². The van der Waals surface area contributed by atoms with E-state index in [4.69, 9.17) is 10.0 Å². The van der Waals surface area contributed by atoms with Gasteiger partial charge in [0.1, 0.15) is 0 Å². The van der Waals surface area contributed by atoms with Crippen LogP contribution in [0.4, 0.5) is 0 Å². The Morgan fingerprint density at radius 3 is 2.60 bits per heavy atom. The molecular formula is C5H5BINO2. The number of hydrogen-bond donors (Lipinski definition) is 2. The lowest BCUT2D eigenvalue weighted by molar-refractivity contribution is 0.425. The third-order valence-electron chi connectivity index (χ3n) is 1.07. The van der Waals surface area contributed by atoms with Gasteiger partial charge >= 0.3 is 7.12 Å². The van der Waals surface area contributed by atoms with Crippen molar-refractivity contribution >= 4 is 35.2 Å². The van der Waals surface area contributed by atoms with Crippen molar-refractivity contribution in [2.45, 2.75) is 0 Å². The van der Waals surface area contributed by atoms with Crippen LogP contribution in [0, 0.1) is 3.57 Å². The van der Waals surface area contributed by atoms with Gasteiger partial charge in [-0.2, -0.15) is 0 Å². The summed E-state index contributed by atoms with van der Waals surface area (Å²) in [5.41, 5.74) is 0.447. The minimum atomic E-state index is -1.42. The summed E-state index contributed by atoms with van der Waals surface area (Å²) in [6, 6.07) is 1.72. The first kappa shape index (κ1) is 7.97. The second kappa shape index (κ2) is 3.31. The lowest BCUT2D eigenvalue weighted by Crippen LogP contribution is -2.32. The fourth-order valence-corrected chi connectivity index (χ4v) is 1.16. The molecule has 0 aliphatic rings. The monoisotopic (exact) mass is 249 g/mol. The van der Waals surface area contributed by atoms with Gasteiger partial charge in [0.05, 0.1) is 0 Å². The molecule has 1 aromatic rings. The van der Waals surface area contributed by atoms with Gasteiger partial charge in [0.15, 0.2) is 0 Å². The van der Waals surface area contributed by atoms with Crippen LogP contribution in [0.1, 0.15) is 0 Å². The Kier molecular flexibility index (Phi) is 2.64. The van der Waals surface area contributed by atoms with Gasteiger partial charge in [-0.25, -0.2) is 0 Å². The van der Waals surface area contributed by atoms with Gasteiger partial charge < -0.3 is 10.0 Å². The Morgan fingerprint density at radius 1 is 1.50 bits per heavy atom. The number of halogens is 1. The zero-order valence-electron chi connectivity index (χ0n) is 5.03. The van der Waals surface area contributed by atoms with Crippen molar-refractivity contribution in [1.29, 1.82) is 0 Å². The van der Waals surface area contributed by atoms with Crippen LogP contribution in [-0.2, 0) is 0 Å². The second-order valence-electron chi connectivity index (χ2n) is 1.77. The molecule has 0 radical (unpaired) electrons. The van der Waals surface area contributed by atoms with Gasteiger partial charge in [0.25, 0.3) is 0 Å². The van der Waals surface area contributed by atoms with E-state index in [1.165, 1.54) is 6.20 Å². The number of aromatic nitrogens is 1. The number of rotatable bonds is 1. The van der Waals surface area contributed by atoms with Crippen molar-refractivity contribution < 1.29 is 10.0 Å². The number of nitrogens with zero attached hydrogens (tertiary/aromatic N) is 1. The molecule has 1 aromatic heterocycles. The van der Waals surface area contributed by atoms with Gasteiger partial charge in [-0.05, 0) is 28.7 Å². The molecule has 3 nitrogen and oxygen atoms in total. The van der Waals surface area contributed by atoms with Crippen molar-refractivity contribution in [2.24, 2.45) is 0 Å². The maximum Gasteiger partial charge on any atom is 0.491 e. The van der Waals surface area contributed by atoms with E-state index in [-0.39, 0.29) is 0 Å². The van der Waals surface area contributed by atoms with Crippen molar-refractivity contribution in [3.8, 4) is 0 Å². The maximum absolute atomic E-state index is 8.72. The SMILES string of the molecule is OB(O)c1cnccc1I. The standard InChI is InChI=1S/C5H5BINO2/c7-5-1-2-8-3-4(5)6(9)10/h1-3,9-10H. The predicted molar refractivity (Wildman–Crippen MR) is 46.8 cm³/mol. The minimum Gasteiger partial charge on any atom is -0.423 e. The lowest BCUT2D eigenvalue weighted by Gasteiger charge is -1.99. The molecule has 0 fully saturated rings. The molecule has 0 atom stereocenters. The van der Waals surface area contributed by atoms with Crippen LogP contribution < -0.4 is 5.46 Å². The van der Waals surface area contributed by atoms with E-state index in [0.29, 0.717) is 5.46 Å². The average Bonchev–Trinajstić information content (AvgIpc) is 1.88. The summed E-state index contributed by atoms with van der Waals surface area (Å²) >= 11 is 2.02. The molecule has 0 aromatic carbocycles. The molecule has 5 heteroatoms. The molecule has 0 unspecified atom stereocenters. The predicted octanol–water partition coefficient (Wildman–Crippen LogP) is -0.634. The first-order valence-electron chi connectivity index (χ1n) is 2.67. The highest BCUT2D eigenvalue weighted by Gasteiger charge is 2.13. The summed E-state index contributed by atoms with van der Waals surface area (Å²) in [6.07, 6.45) is 3.04. The normalized spacial score (nSPS) is 9.50. The fourth-order valence-electron chi connectivity index (χ4n) is 0.580. The molecule has 0 amide bonds. The minimum absolute atomic E-state index is 0.447. The smallest absolute Gasteiger partial charge is 0.423 e. The molecule has 0 bridgehead atoms. The molecule has 0 aliphatic heterocycles. The summed E-state index contributed by atoms with van der Waals surface area (Å²) in [5.74, 6) is 0. The van der Waals surface area contributed by atoms with Crippen LogP contribution in [0.2, 0.25) is 0 Å². The van der Waals surface area contributed by atoms with Crippen molar-refractivity contribution in [3.05, 3.63) is 22.0 Å². The quantitative estimate of drug-likeness (QED) is 0.514. The number of pyridine rings is 1. The molecule has 0 saturated carbocycles. The molecule has 0 aliphatic carbocycles. The van der Waals surface area contributed by atoms with E-state index in [0.717, 1.165) is 3.57 Å². The Morgan fingerprint density at radius 2 is 2.20 bits per heavy atom. The van der Waals surface area contributed by atoms with E-state index >= 15 is 0 Å². The van der Waals surface area contributed by atoms with E-state index in [2.05, 4.69) is 4.98 Å². The molecular weight excluding hydrogens is 244 g/mol. The number of hydrogen-bond acceptors (Lipinski definition) is 3. The molecule has 1 heterocycles. The fraction of sp³-hybridized carbons (Fsp3) is 0. The topological polar surface area (TPSA) is 53.4 Å². The van der Waals surface area contributed by atoms with E-state index < -0.39 is 7.12 Å². The summed E-state index contributed by atoms with van der Waals surface area (Å²) in [5, 5.41) is 17.4. The Balaban J connectivity index is 3.03. The maximum atomic E-state index is 8.72. The zero-order valence-corrected chi connectivity index (χ0v) is 7.19. The first-order chi connectivity index (χ1) is 4.72. The van der Waals surface area contributed by atoms with Crippen molar-refractivity contribution in [1.82, 2.24) is 4.98 Å². The van der Waals surface area contributed by atoms with Crippen LogP contribution >= 0.6 is 22.6 Å². The highest BCUT2D eigenvalue weighted by atomic mass is 127. The van der Waals surface area contributed by atoms with E-state index in [9.17, 15) is 0 Å². The average molecular weight is 249 g/mol. The summed E-state index contributed by atoms with van der Waals surface area (Å²) in [4.78, 5) is 3.74. The van der Waals surface area contributed by atoms with Gasteiger partial charge in [0.2, 0.25) is 0 Å². The molecule has 0 saturated heterocycles. The second-order valence-corrected chi connectivity index (χ2v) is 2.93. The van der Waals surface area contributed by atoms with Gasteiger partial charge in [-0.15, -0.1) is 0 Å². The van der Waals surface area contributed by atoms with E-state index in [1.54, 1.807) is 12.3 Å². The largest absolute Gasteiger partial charge is 0.491 e. The van der Waals surface area contributed by atoms with Crippen LogP contribution in [0.25, 0.3) is 0 Å². The third kappa shape index (κ3) is 1.68. The Bertz CT molecular complexity index is 231. The molecule has 0 spiro atoms. The van der Waals surface area contributed by atoms with Crippen molar-refractivity contribution in [3.63, 3.8) is 0 Å². The summed E-state index contributed by atoms with van der Waals surface area (Å²) in [7, 11) is -1.42. The first-order valence-corrected chi connectivity index (χ1v) is 3.75. The Hall–Kier alpha value is -0.135. The van der Waals surface area contributed by atoms with Gasteiger partial charge in [-0.1, -0.05) is 0 Å². The lowest BCUT2D eigenvalue weighted by atomic mass is 9.82. The Labute approximate surface area is 72.4 Å². The zero-order chi connectivity index (χ0) is 7.56. The van der Waals surface area contributed by atoms with Crippen molar-refractivity contribution in [2.75, 3.05) is 0 Å². The molecule has 2 N–H and O–H groups in total. The van der Waals surface area contributed by atoms with Crippen LogP contribution in [-0.4, -0.2) is 22.2 Å². The summed E-state index contributed by atoms with van der Waals surface area (Å²) in [6.45, 7) is 0. The third-order valence-corrected chi connectivity index (χ3v) is 2.06. The molecule has 10 heavy (non-hydrogen) atoms. The highest BCUT2D eigenvalue weighted by molar-refractivity contribution is 14.1. The summed E-state index contributed by atoms with van der Waals surface area (Å²) < 4.78 is 0.808. The van der Waals surface area contributed by atoms with Gasteiger partial charge in [0, 0.05) is 21.4 Å². The van der Waals surface area contributed by atoms with Crippen LogP contribution in [0.5, 0.6) is 0 Å². The molecule has 52 valence electrons. The van der Waals surface area contributed by atoms with Crippen LogP contribution in [0.15, 0.2) is 18.5 Å². The van der Waals surface area contributed by atoms with Crippen LogP contribution in [0.3, 0.4) is 0 Å².